The van der Waals surface area contributed by atoms with Gasteiger partial charge in [0.25, 0.3) is 0 Å². The Kier molecular flexibility index (Phi) is 5.49. The van der Waals surface area contributed by atoms with Gasteiger partial charge in [0.1, 0.15) is 0 Å². The Labute approximate surface area is 88.4 Å². The zero-order valence-electron chi connectivity index (χ0n) is 9.88. The molecule has 0 amide bonds. The SMILES string of the molecule is CCCNC1CCCC1OCC(C)C. The van der Waals surface area contributed by atoms with Gasteiger partial charge in [-0.2, -0.15) is 0 Å². The first-order valence-electron chi connectivity index (χ1n) is 6.09. The molecule has 1 fully saturated rings. The van der Waals surface area contributed by atoms with Gasteiger partial charge in [-0.3, -0.25) is 0 Å². The number of hydrogen-bond acceptors (Lipinski definition) is 2. The van der Waals surface area contributed by atoms with Crippen LogP contribution in [-0.4, -0.2) is 25.3 Å². The summed E-state index contributed by atoms with van der Waals surface area (Å²) in [5.74, 6) is 0.655. The van der Waals surface area contributed by atoms with E-state index in [2.05, 4.69) is 26.1 Å². The maximum Gasteiger partial charge on any atom is 0.0728 e. The van der Waals surface area contributed by atoms with Gasteiger partial charge < -0.3 is 10.1 Å². The molecule has 2 atom stereocenters. The first kappa shape index (κ1) is 12.0. The van der Waals surface area contributed by atoms with E-state index in [4.69, 9.17) is 4.74 Å². The highest BCUT2D eigenvalue weighted by molar-refractivity contribution is 4.83. The molecule has 0 aromatic heterocycles. The predicted octanol–water partition coefficient (Wildman–Crippen LogP) is 2.58. The van der Waals surface area contributed by atoms with Crippen LogP contribution < -0.4 is 5.32 Å². The molecule has 0 aliphatic heterocycles. The van der Waals surface area contributed by atoms with E-state index in [1.54, 1.807) is 0 Å². The third kappa shape index (κ3) is 3.97. The van der Waals surface area contributed by atoms with E-state index in [1.165, 1.54) is 25.7 Å². The number of hydrogen-bond donors (Lipinski definition) is 1. The molecule has 0 spiro atoms. The molecule has 1 aliphatic carbocycles. The Hall–Kier alpha value is -0.0800. The lowest BCUT2D eigenvalue weighted by molar-refractivity contribution is 0.0242. The van der Waals surface area contributed by atoms with Crippen molar-refractivity contribution >= 4 is 0 Å². The third-order valence-corrected chi connectivity index (χ3v) is 2.75. The molecule has 0 bridgehead atoms. The van der Waals surface area contributed by atoms with Gasteiger partial charge in [-0.25, -0.2) is 0 Å². The van der Waals surface area contributed by atoms with Crippen molar-refractivity contribution in [3.63, 3.8) is 0 Å². The highest BCUT2D eigenvalue weighted by Gasteiger charge is 2.27. The molecule has 0 radical (unpaired) electrons. The van der Waals surface area contributed by atoms with Gasteiger partial charge >= 0.3 is 0 Å². The zero-order valence-corrected chi connectivity index (χ0v) is 9.88. The summed E-state index contributed by atoms with van der Waals surface area (Å²) in [4.78, 5) is 0. The third-order valence-electron chi connectivity index (χ3n) is 2.75. The van der Waals surface area contributed by atoms with Crippen molar-refractivity contribution in [1.29, 1.82) is 0 Å². The zero-order chi connectivity index (χ0) is 10.4. The molecule has 0 aromatic rings. The van der Waals surface area contributed by atoms with Gasteiger partial charge in [0.05, 0.1) is 6.10 Å². The van der Waals surface area contributed by atoms with Crippen molar-refractivity contribution in [1.82, 2.24) is 5.32 Å². The van der Waals surface area contributed by atoms with E-state index >= 15 is 0 Å². The predicted molar refractivity (Wildman–Crippen MR) is 60.5 cm³/mol. The first-order chi connectivity index (χ1) is 6.74. The highest BCUT2D eigenvalue weighted by Crippen LogP contribution is 2.22. The molecule has 1 saturated carbocycles. The minimum atomic E-state index is 0.476. The molecular weight excluding hydrogens is 174 g/mol. The summed E-state index contributed by atoms with van der Waals surface area (Å²) in [5.41, 5.74) is 0. The molecule has 1 aliphatic rings. The Morgan fingerprint density at radius 2 is 2.14 bits per heavy atom. The maximum atomic E-state index is 5.91. The van der Waals surface area contributed by atoms with E-state index in [9.17, 15) is 0 Å². The first-order valence-corrected chi connectivity index (χ1v) is 6.09. The molecular formula is C12H25NO. The summed E-state index contributed by atoms with van der Waals surface area (Å²) in [7, 11) is 0. The quantitative estimate of drug-likeness (QED) is 0.710. The second-order valence-corrected chi connectivity index (χ2v) is 4.76. The van der Waals surface area contributed by atoms with Crippen LogP contribution in [0.4, 0.5) is 0 Å². The van der Waals surface area contributed by atoms with Crippen molar-refractivity contribution in [3.05, 3.63) is 0 Å². The second-order valence-electron chi connectivity index (χ2n) is 4.76. The van der Waals surface area contributed by atoms with Crippen molar-refractivity contribution in [2.24, 2.45) is 5.92 Å². The van der Waals surface area contributed by atoms with Crippen molar-refractivity contribution in [2.75, 3.05) is 13.2 Å². The van der Waals surface area contributed by atoms with Gasteiger partial charge in [-0.05, 0) is 38.1 Å². The van der Waals surface area contributed by atoms with Crippen LogP contribution in [0.15, 0.2) is 0 Å². The summed E-state index contributed by atoms with van der Waals surface area (Å²) >= 11 is 0. The van der Waals surface area contributed by atoms with E-state index in [0.29, 0.717) is 18.1 Å². The van der Waals surface area contributed by atoms with Crippen LogP contribution in [0.3, 0.4) is 0 Å². The molecule has 0 aromatic carbocycles. The van der Waals surface area contributed by atoms with Gasteiger partial charge in [-0.15, -0.1) is 0 Å². The normalized spacial score (nSPS) is 27.4. The van der Waals surface area contributed by atoms with E-state index in [-0.39, 0.29) is 0 Å². The number of ether oxygens (including phenoxy) is 1. The fraction of sp³-hybridized carbons (Fsp3) is 1.00. The van der Waals surface area contributed by atoms with Crippen LogP contribution in [-0.2, 0) is 4.74 Å². The van der Waals surface area contributed by atoms with Crippen LogP contribution in [0.1, 0.15) is 46.5 Å². The van der Waals surface area contributed by atoms with Crippen LogP contribution in [0, 0.1) is 5.92 Å². The molecule has 0 heterocycles. The largest absolute Gasteiger partial charge is 0.376 e. The van der Waals surface area contributed by atoms with Crippen LogP contribution in [0.2, 0.25) is 0 Å². The summed E-state index contributed by atoms with van der Waals surface area (Å²) < 4.78 is 5.91. The molecule has 84 valence electrons. The standard InChI is InChI=1S/C12H25NO/c1-4-8-13-11-6-5-7-12(11)14-9-10(2)3/h10-13H,4-9H2,1-3H3. The molecule has 14 heavy (non-hydrogen) atoms. The van der Waals surface area contributed by atoms with Crippen LogP contribution in [0.25, 0.3) is 0 Å². The Morgan fingerprint density at radius 1 is 1.36 bits per heavy atom. The molecule has 1 rings (SSSR count). The fourth-order valence-corrected chi connectivity index (χ4v) is 2.00. The minimum Gasteiger partial charge on any atom is -0.376 e. The minimum absolute atomic E-state index is 0.476. The number of rotatable bonds is 6. The highest BCUT2D eigenvalue weighted by atomic mass is 16.5. The lowest BCUT2D eigenvalue weighted by Gasteiger charge is -2.22. The van der Waals surface area contributed by atoms with Gasteiger partial charge in [0, 0.05) is 12.6 Å². The smallest absolute Gasteiger partial charge is 0.0728 e. The van der Waals surface area contributed by atoms with Crippen molar-refractivity contribution in [3.8, 4) is 0 Å². The van der Waals surface area contributed by atoms with Crippen molar-refractivity contribution < 1.29 is 4.74 Å². The monoisotopic (exact) mass is 199 g/mol. The topological polar surface area (TPSA) is 21.3 Å². The van der Waals surface area contributed by atoms with Gasteiger partial charge in [-0.1, -0.05) is 20.8 Å². The van der Waals surface area contributed by atoms with E-state index in [0.717, 1.165) is 13.2 Å². The summed E-state index contributed by atoms with van der Waals surface area (Å²) in [5, 5.41) is 3.58. The van der Waals surface area contributed by atoms with Gasteiger partial charge in [0.2, 0.25) is 0 Å². The summed E-state index contributed by atoms with van der Waals surface area (Å²) in [6.07, 6.45) is 5.55. The average molecular weight is 199 g/mol. The van der Waals surface area contributed by atoms with Crippen LogP contribution >= 0.6 is 0 Å². The Balaban J connectivity index is 2.21. The molecule has 0 saturated heterocycles. The average Bonchev–Trinajstić information content (AvgIpc) is 2.58. The number of nitrogens with one attached hydrogen (secondary N) is 1. The molecule has 2 unspecified atom stereocenters. The Bertz CT molecular complexity index is 147. The summed E-state index contributed by atoms with van der Waals surface area (Å²) in [6.45, 7) is 8.68. The van der Waals surface area contributed by atoms with Crippen LogP contribution in [0.5, 0.6) is 0 Å². The van der Waals surface area contributed by atoms with E-state index < -0.39 is 0 Å². The van der Waals surface area contributed by atoms with E-state index in [1.807, 2.05) is 0 Å². The maximum absolute atomic E-state index is 5.91. The lowest BCUT2D eigenvalue weighted by Crippen LogP contribution is -2.38. The summed E-state index contributed by atoms with van der Waals surface area (Å²) in [6, 6.07) is 0.619. The van der Waals surface area contributed by atoms with Gasteiger partial charge in [0.15, 0.2) is 0 Å². The molecule has 1 N–H and O–H groups in total. The molecule has 2 nitrogen and oxygen atoms in total. The lowest BCUT2D eigenvalue weighted by atomic mass is 10.2. The fourth-order valence-electron chi connectivity index (χ4n) is 2.00. The second kappa shape index (κ2) is 6.41. The Morgan fingerprint density at radius 3 is 2.79 bits per heavy atom. The van der Waals surface area contributed by atoms with Crippen molar-refractivity contribution in [2.45, 2.75) is 58.6 Å². The molecule has 2 heteroatoms.